The highest BCUT2D eigenvalue weighted by molar-refractivity contribution is 5.83. The molecule has 0 radical (unpaired) electrons. The van der Waals surface area contributed by atoms with Crippen LogP contribution in [0.3, 0.4) is 0 Å². The number of esters is 1. The van der Waals surface area contributed by atoms with Crippen molar-refractivity contribution in [2.75, 3.05) is 131 Å². The fourth-order valence-electron chi connectivity index (χ4n) is 10.2. The molecule has 0 aromatic rings. The van der Waals surface area contributed by atoms with Gasteiger partial charge >= 0.3 is 5.97 Å². The van der Waals surface area contributed by atoms with Crippen LogP contribution in [0.25, 0.3) is 0 Å². The molecule has 0 aromatic heterocycles. The van der Waals surface area contributed by atoms with Gasteiger partial charge in [-0.05, 0) is 131 Å². The van der Waals surface area contributed by atoms with E-state index in [0.717, 1.165) is 32.1 Å². The third-order valence-corrected chi connectivity index (χ3v) is 15.7. The highest BCUT2D eigenvalue weighted by atomic mass is 16.5. The first kappa shape index (κ1) is 76.4. The van der Waals surface area contributed by atoms with Crippen molar-refractivity contribution in [1.82, 2.24) is 34.7 Å². The molecule has 0 saturated heterocycles. The molecule has 474 valence electrons. The van der Waals surface area contributed by atoms with Gasteiger partial charge in [-0.15, -0.1) is 0 Å². The first-order valence-corrected chi connectivity index (χ1v) is 30.9. The largest absolute Gasteiger partial charge is 0.469 e. The molecule has 0 aromatic carbocycles. The predicted molar refractivity (Wildman–Crippen MR) is 329 cm³/mol. The average molecular weight is 1170 g/mol. The van der Waals surface area contributed by atoms with Crippen LogP contribution in [0.15, 0.2) is 0 Å². The lowest BCUT2D eigenvalue weighted by Crippen LogP contribution is -2.42. The lowest BCUT2D eigenvalue weighted by atomic mass is 9.80. The molecule has 1 unspecified atom stereocenters. The van der Waals surface area contributed by atoms with E-state index in [0.29, 0.717) is 231 Å². The molecule has 0 heterocycles. The Balaban J connectivity index is 3.60. The van der Waals surface area contributed by atoms with E-state index in [-0.39, 0.29) is 77.2 Å². The van der Waals surface area contributed by atoms with Crippen molar-refractivity contribution < 1.29 is 47.9 Å². The molecule has 1 fully saturated rings. The van der Waals surface area contributed by atoms with Crippen molar-refractivity contribution in [3.8, 4) is 0 Å². The van der Waals surface area contributed by atoms with Crippen LogP contribution in [-0.4, -0.2) is 236 Å². The molecule has 1 amide bonds. The number of ether oxygens (including phenoxy) is 1. The van der Waals surface area contributed by atoms with Crippen molar-refractivity contribution in [2.24, 2.45) is 17.6 Å². The summed E-state index contributed by atoms with van der Waals surface area (Å²) in [6, 6.07) is 0.163. The molecule has 1 aliphatic rings. The van der Waals surface area contributed by atoms with Crippen LogP contribution in [0, 0.1) is 28.1 Å². The zero-order valence-corrected chi connectivity index (χ0v) is 52.7. The van der Waals surface area contributed by atoms with Crippen molar-refractivity contribution in [2.45, 2.75) is 183 Å². The fourth-order valence-corrected chi connectivity index (χ4v) is 10.2. The molecule has 6 N–H and O–H groups in total. The quantitative estimate of drug-likeness (QED) is 0.0363. The number of Topliss-reactive ketones (excluding diaryl/α,β-unsaturated/α-hetero) is 7. The van der Waals surface area contributed by atoms with Gasteiger partial charge in [-0.1, -0.05) is 0 Å². The first-order chi connectivity index (χ1) is 39.3. The maximum absolute atomic E-state index is 13.7. The highest BCUT2D eigenvalue weighted by Gasteiger charge is 2.27. The van der Waals surface area contributed by atoms with Crippen LogP contribution in [0.4, 0.5) is 0 Å². The van der Waals surface area contributed by atoms with Crippen LogP contribution in [-0.2, 0) is 47.9 Å². The summed E-state index contributed by atoms with van der Waals surface area (Å²) < 4.78 is 4.83. The molecule has 83 heavy (non-hydrogen) atoms. The van der Waals surface area contributed by atoms with Crippen LogP contribution in [0.1, 0.15) is 177 Å². The van der Waals surface area contributed by atoms with E-state index in [2.05, 4.69) is 29.8 Å². The number of methoxy groups -OCH3 is 1. The molecule has 1 atom stereocenters. The van der Waals surface area contributed by atoms with Gasteiger partial charge in [-0.25, -0.2) is 0 Å². The van der Waals surface area contributed by atoms with E-state index >= 15 is 0 Å². The van der Waals surface area contributed by atoms with Gasteiger partial charge in [-0.3, -0.25) is 43.2 Å². The van der Waals surface area contributed by atoms with E-state index in [1.807, 2.05) is 4.90 Å². The monoisotopic (exact) mass is 1170 g/mol. The second-order valence-electron chi connectivity index (χ2n) is 23.8. The standard InChI is InChI=1S/C62H111N11O10/c1-48(74)13-29-68(30-14-49(2)75)36-20-58(64)23-39-72(40-24-59(65)21-37-69(31-15-50(3)76)32-16-51(4)77)46-56(45-55-9-11-57(63)12-10-55)47-73(41-25-60(66)22-38-70(33-17-52(5)78)34-18-53(6)79)42-26-61(81)67-28-44-71(35-19-54(7)80)43-27-62(82)83-8/h55-57,64-66H,9-47,63H2,1-8H3,(H,67,81). The Kier molecular flexibility index (Phi) is 42.0. The predicted octanol–water partition coefficient (Wildman–Crippen LogP) is 5.65. The molecule has 1 rings (SSSR count). The van der Waals surface area contributed by atoms with Crippen LogP contribution in [0.2, 0.25) is 0 Å². The van der Waals surface area contributed by atoms with E-state index in [1.165, 1.54) is 14.0 Å². The van der Waals surface area contributed by atoms with Crippen molar-refractivity contribution >= 4 is 69.5 Å². The normalized spacial score (nSPS) is 14.8. The minimum absolute atomic E-state index is 0.0302. The van der Waals surface area contributed by atoms with E-state index in [4.69, 9.17) is 26.7 Å². The minimum atomic E-state index is -0.354. The van der Waals surface area contributed by atoms with Crippen molar-refractivity contribution in [3.05, 3.63) is 0 Å². The van der Waals surface area contributed by atoms with E-state index in [9.17, 15) is 43.2 Å². The summed E-state index contributed by atoms with van der Waals surface area (Å²) in [5, 5.41) is 30.5. The number of hydrogen-bond donors (Lipinski definition) is 5. The number of amides is 1. The molecular formula is C62H111N11O10. The van der Waals surface area contributed by atoms with Gasteiger partial charge in [-0.2, -0.15) is 0 Å². The van der Waals surface area contributed by atoms with Gasteiger partial charge in [0.1, 0.15) is 40.5 Å². The number of ketones is 7. The summed E-state index contributed by atoms with van der Waals surface area (Å²) in [5.74, 6) is 0.476. The number of nitrogens with zero attached hydrogens (tertiary/aromatic N) is 6. The van der Waals surface area contributed by atoms with Crippen LogP contribution < -0.4 is 11.1 Å². The van der Waals surface area contributed by atoms with E-state index in [1.54, 1.807) is 41.5 Å². The molecule has 1 saturated carbocycles. The SMILES string of the molecule is COC(=O)CCN(CCNC(=O)CCN(CCC(=N)CCN(CCC(C)=O)CCC(C)=O)CC(CC1CCC(N)CC1)CN(CCC(=N)CCN(CCC(C)=O)CCC(C)=O)CCC(=N)CCN(CCC(C)=O)CCC(C)=O)CCC(C)=O. The summed E-state index contributed by atoms with van der Waals surface area (Å²) in [6.07, 6.45) is 10.5. The molecule has 1 aliphatic carbocycles. The number of rotatable bonds is 54. The Morgan fingerprint density at radius 2 is 0.663 bits per heavy atom. The Labute approximate surface area is 498 Å². The molecular weight excluding hydrogens is 1060 g/mol. The van der Waals surface area contributed by atoms with Crippen molar-refractivity contribution in [1.29, 1.82) is 16.2 Å². The van der Waals surface area contributed by atoms with Crippen LogP contribution in [0.5, 0.6) is 0 Å². The van der Waals surface area contributed by atoms with Gasteiger partial charge in [0.05, 0.1) is 13.5 Å². The second kappa shape index (κ2) is 45.7. The Morgan fingerprint density at radius 1 is 0.398 bits per heavy atom. The Hall–Kier alpha value is -4.64. The van der Waals surface area contributed by atoms with E-state index < -0.39 is 0 Å². The van der Waals surface area contributed by atoms with Crippen LogP contribution >= 0.6 is 0 Å². The maximum Gasteiger partial charge on any atom is 0.306 e. The summed E-state index contributed by atoms with van der Waals surface area (Å²) in [6.45, 7) is 20.6. The zero-order chi connectivity index (χ0) is 62.1. The van der Waals surface area contributed by atoms with Gasteiger partial charge in [0.25, 0.3) is 0 Å². The van der Waals surface area contributed by atoms with Gasteiger partial charge in [0, 0.05) is 199 Å². The lowest BCUT2D eigenvalue weighted by Gasteiger charge is -2.35. The van der Waals surface area contributed by atoms with Gasteiger partial charge < -0.3 is 61.4 Å². The number of nitrogens with two attached hydrogens (primary N) is 1. The number of nitrogens with one attached hydrogen (secondary N) is 4. The zero-order valence-electron chi connectivity index (χ0n) is 52.7. The van der Waals surface area contributed by atoms with Crippen molar-refractivity contribution in [3.63, 3.8) is 0 Å². The Morgan fingerprint density at radius 3 is 0.964 bits per heavy atom. The molecule has 0 spiro atoms. The summed E-state index contributed by atoms with van der Waals surface area (Å²) in [4.78, 5) is 122. The maximum atomic E-state index is 13.7. The third kappa shape index (κ3) is 43.6. The Bertz CT molecular complexity index is 1910. The third-order valence-electron chi connectivity index (χ3n) is 15.7. The molecule has 0 aliphatic heterocycles. The summed E-state index contributed by atoms with van der Waals surface area (Å²) in [5.41, 5.74) is 8.08. The summed E-state index contributed by atoms with van der Waals surface area (Å²) in [7, 11) is 1.33. The second-order valence-corrected chi connectivity index (χ2v) is 23.8. The molecule has 21 heteroatoms. The number of carbonyl (C=O) groups excluding carboxylic acids is 9. The minimum Gasteiger partial charge on any atom is -0.469 e. The topological polar surface area (TPSA) is 292 Å². The summed E-state index contributed by atoms with van der Waals surface area (Å²) >= 11 is 0. The van der Waals surface area contributed by atoms with Gasteiger partial charge in [0.2, 0.25) is 5.91 Å². The average Bonchev–Trinajstić information content (AvgIpc) is 3.43. The molecule has 0 bridgehead atoms. The van der Waals surface area contributed by atoms with Gasteiger partial charge in [0.15, 0.2) is 0 Å². The first-order valence-electron chi connectivity index (χ1n) is 30.9. The highest BCUT2D eigenvalue weighted by Crippen LogP contribution is 2.30. The number of carbonyl (C=O) groups is 9. The fraction of sp³-hybridized carbons (Fsp3) is 0.806. The number of hydrogen-bond acceptors (Lipinski definition) is 20. The molecule has 21 nitrogen and oxygen atoms in total. The lowest BCUT2D eigenvalue weighted by molar-refractivity contribution is -0.141. The smallest absolute Gasteiger partial charge is 0.306 e.